The maximum atomic E-state index is 10.0. The fourth-order valence-corrected chi connectivity index (χ4v) is 2.57. The largest absolute Gasteiger partial charge is 0.390 e. The lowest BCUT2D eigenvalue weighted by Crippen LogP contribution is -2.25. The zero-order chi connectivity index (χ0) is 12.3. The van der Waals surface area contributed by atoms with Crippen molar-refractivity contribution in [3.63, 3.8) is 0 Å². The SMILES string of the molecule is CCC(C)(O)Cc1nc(-c2ccccc2)cs1. The Kier molecular flexibility index (Phi) is 3.60. The van der Waals surface area contributed by atoms with Crippen LogP contribution in [0.25, 0.3) is 11.3 Å². The standard InChI is InChI=1S/C14H17NOS/c1-3-14(2,16)9-13-15-12(10-17-13)11-7-5-4-6-8-11/h4-8,10,16H,3,9H2,1-2H3. The van der Waals surface area contributed by atoms with Crippen LogP contribution in [-0.2, 0) is 6.42 Å². The average Bonchev–Trinajstić information content (AvgIpc) is 2.78. The molecule has 2 nitrogen and oxygen atoms in total. The highest BCUT2D eigenvalue weighted by Crippen LogP contribution is 2.25. The van der Waals surface area contributed by atoms with Crippen LogP contribution in [0.4, 0.5) is 0 Å². The molecule has 0 bridgehead atoms. The van der Waals surface area contributed by atoms with E-state index in [1.165, 1.54) is 0 Å². The minimum atomic E-state index is -0.647. The first-order chi connectivity index (χ1) is 8.11. The normalized spacial score (nSPS) is 14.5. The second-order valence-electron chi connectivity index (χ2n) is 4.52. The predicted molar refractivity (Wildman–Crippen MR) is 72.2 cm³/mol. The van der Waals surface area contributed by atoms with Crippen LogP contribution in [0.15, 0.2) is 35.7 Å². The number of aliphatic hydroxyl groups is 1. The second kappa shape index (κ2) is 4.98. The van der Waals surface area contributed by atoms with Crippen LogP contribution in [0.5, 0.6) is 0 Å². The van der Waals surface area contributed by atoms with Crippen molar-refractivity contribution >= 4 is 11.3 Å². The molecule has 3 heteroatoms. The van der Waals surface area contributed by atoms with Gasteiger partial charge in [0.05, 0.1) is 16.3 Å². The molecule has 0 fully saturated rings. The third-order valence-corrected chi connectivity index (χ3v) is 3.76. The summed E-state index contributed by atoms with van der Waals surface area (Å²) >= 11 is 1.62. The van der Waals surface area contributed by atoms with E-state index < -0.39 is 5.60 Å². The van der Waals surface area contributed by atoms with Crippen LogP contribution in [0, 0.1) is 0 Å². The van der Waals surface area contributed by atoms with E-state index in [0.29, 0.717) is 6.42 Å². The van der Waals surface area contributed by atoms with E-state index in [2.05, 4.69) is 22.5 Å². The fraction of sp³-hybridized carbons (Fsp3) is 0.357. The summed E-state index contributed by atoms with van der Waals surface area (Å²) in [6.45, 7) is 3.85. The number of benzene rings is 1. The highest BCUT2D eigenvalue weighted by Gasteiger charge is 2.20. The fourth-order valence-electron chi connectivity index (χ4n) is 1.58. The van der Waals surface area contributed by atoms with E-state index in [4.69, 9.17) is 0 Å². The van der Waals surface area contributed by atoms with Gasteiger partial charge in [-0.1, -0.05) is 37.3 Å². The lowest BCUT2D eigenvalue weighted by atomic mass is 10.00. The quantitative estimate of drug-likeness (QED) is 0.896. The summed E-state index contributed by atoms with van der Waals surface area (Å²) in [5.74, 6) is 0. The van der Waals surface area contributed by atoms with Crippen LogP contribution in [-0.4, -0.2) is 15.7 Å². The minimum Gasteiger partial charge on any atom is -0.390 e. The summed E-state index contributed by atoms with van der Waals surface area (Å²) in [5.41, 5.74) is 1.48. The van der Waals surface area contributed by atoms with E-state index >= 15 is 0 Å². The van der Waals surface area contributed by atoms with Crippen molar-refractivity contribution in [2.75, 3.05) is 0 Å². The number of rotatable bonds is 4. The third kappa shape index (κ3) is 3.14. The Bertz CT molecular complexity index is 476. The molecule has 1 atom stereocenters. The number of nitrogens with zero attached hydrogens (tertiary/aromatic N) is 1. The molecule has 0 aliphatic carbocycles. The molecule has 17 heavy (non-hydrogen) atoms. The molecule has 90 valence electrons. The molecule has 0 saturated carbocycles. The highest BCUT2D eigenvalue weighted by atomic mass is 32.1. The Balaban J connectivity index is 2.17. The summed E-state index contributed by atoms with van der Waals surface area (Å²) in [6.07, 6.45) is 1.37. The van der Waals surface area contributed by atoms with Crippen LogP contribution < -0.4 is 0 Å². The van der Waals surface area contributed by atoms with Crippen LogP contribution >= 0.6 is 11.3 Å². The Morgan fingerprint density at radius 2 is 2.00 bits per heavy atom. The summed E-state index contributed by atoms with van der Waals surface area (Å²) in [4.78, 5) is 4.57. The Hall–Kier alpha value is -1.19. The van der Waals surface area contributed by atoms with E-state index in [9.17, 15) is 5.11 Å². The molecule has 0 aliphatic rings. The second-order valence-corrected chi connectivity index (χ2v) is 5.46. The topological polar surface area (TPSA) is 33.1 Å². The van der Waals surface area contributed by atoms with Crippen molar-refractivity contribution in [2.45, 2.75) is 32.3 Å². The lowest BCUT2D eigenvalue weighted by molar-refractivity contribution is 0.0564. The van der Waals surface area contributed by atoms with Gasteiger partial charge in [-0.05, 0) is 13.3 Å². The van der Waals surface area contributed by atoms with Gasteiger partial charge < -0.3 is 5.11 Å². The van der Waals surface area contributed by atoms with Gasteiger partial charge in [0.25, 0.3) is 0 Å². The van der Waals surface area contributed by atoms with Gasteiger partial charge in [0.15, 0.2) is 0 Å². The molecule has 0 spiro atoms. The first kappa shape index (κ1) is 12.3. The smallest absolute Gasteiger partial charge is 0.0961 e. The average molecular weight is 247 g/mol. The summed E-state index contributed by atoms with van der Waals surface area (Å²) in [7, 11) is 0. The molecule has 0 saturated heterocycles. The van der Waals surface area contributed by atoms with E-state index in [-0.39, 0.29) is 0 Å². The zero-order valence-electron chi connectivity index (χ0n) is 10.2. The minimum absolute atomic E-state index is 0.626. The highest BCUT2D eigenvalue weighted by molar-refractivity contribution is 7.09. The van der Waals surface area contributed by atoms with Gasteiger partial charge in [-0.25, -0.2) is 4.98 Å². The predicted octanol–water partition coefficient (Wildman–Crippen LogP) is 3.51. The van der Waals surface area contributed by atoms with Crippen molar-refractivity contribution in [3.8, 4) is 11.3 Å². The van der Waals surface area contributed by atoms with E-state index in [1.54, 1.807) is 11.3 Å². The maximum Gasteiger partial charge on any atom is 0.0961 e. The van der Waals surface area contributed by atoms with Gasteiger partial charge in [-0.15, -0.1) is 11.3 Å². The summed E-state index contributed by atoms with van der Waals surface area (Å²) in [5, 5.41) is 13.1. The third-order valence-electron chi connectivity index (χ3n) is 2.92. The Morgan fingerprint density at radius 1 is 1.29 bits per heavy atom. The van der Waals surface area contributed by atoms with Crippen molar-refractivity contribution in [2.24, 2.45) is 0 Å². The van der Waals surface area contributed by atoms with E-state index in [0.717, 1.165) is 22.7 Å². The molecule has 1 unspecified atom stereocenters. The van der Waals surface area contributed by atoms with Crippen LogP contribution in [0.1, 0.15) is 25.3 Å². The number of aromatic nitrogens is 1. The number of hydrogen-bond donors (Lipinski definition) is 1. The van der Waals surface area contributed by atoms with Gasteiger partial charge in [0, 0.05) is 17.4 Å². The molecular weight excluding hydrogens is 230 g/mol. The van der Waals surface area contributed by atoms with Gasteiger partial charge in [0.1, 0.15) is 0 Å². The molecule has 1 aromatic carbocycles. The van der Waals surface area contributed by atoms with Crippen molar-refractivity contribution < 1.29 is 5.11 Å². The zero-order valence-corrected chi connectivity index (χ0v) is 11.0. The van der Waals surface area contributed by atoms with E-state index in [1.807, 2.05) is 32.0 Å². The van der Waals surface area contributed by atoms with Crippen molar-refractivity contribution in [3.05, 3.63) is 40.7 Å². The summed E-state index contributed by atoms with van der Waals surface area (Å²) < 4.78 is 0. The maximum absolute atomic E-state index is 10.0. The Morgan fingerprint density at radius 3 is 2.65 bits per heavy atom. The van der Waals surface area contributed by atoms with Gasteiger partial charge in [-0.2, -0.15) is 0 Å². The summed E-state index contributed by atoms with van der Waals surface area (Å²) in [6, 6.07) is 10.1. The van der Waals surface area contributed by atoms with Crippen molar-refractivity contribution in [1.29, 1.82) is 0 Å². The van der Waals surface area contributed by atoms with Crippen LogP contribution in [0.2, 0.25) is 0 Å². The van der Waals surface area contributed by atoms with Gasteiger partial charge >= 0.3 is 0 Å². The molecule has 0 aliphatic heterocycles. The molecule has 1 N–H and O–H groups in total. The molecule has 1 aromatic heterocycles. The molecular formula is C14H17NOS. The Labute approximate surface area is 106 Å². The lowest BCUT2D eigenvalue weighted by Gasteiger charge is -2.19. The first-order valence-corrected chi connectivity index (χ1v) is 6.71. The molecule has 2 rings (SSSR count). The molecule has 2 aromatic rings. The van der Waals surface area contributed by atoms with Gasteiger partial charge in [0.2, 0.25) is 0 Å². The van der Waals surface area contributed by atoms with Crippen LogP contribution in [0.3, 0.4) is 0 Å². The molecule has 0 radical (unpaired) electrons. The molecule has 0 amide bonds. The monoisotopic (exact) mass is 247 g/mol. The first-order valence-electron chi connectivity index (χ1n) is 5.83. The molecule has 1 heterocycles. The van der Waals surface area contributed by atoms with Crippen molar-refractivity contribution in [1.82, 2.24) is 4.98 Å². The number of hydrogen-bond acceptors (Lipinski definition) is 3. The van der Waals surface area contributed by atoms with Gasteiger partial charge in [-0.3, -0.25) is 0 Å². The number of thiazole rings is 1.